The second-order valence-electron chi connectivity index (χ2n) is 7.63. The van der Waals surface area contributed by atoms with Gasteiger partial charge in [0.15, 0.2) is 0 Å². The maximum absolute atomic E-state index is 13.0. The number of anilines is 1. The molecule has 0 spiro atoms. The van der Waals surface area contributed by atoms with Crippen molar-refractivity contribution in [2.24, 2.45) is 0 Å². The third-order valence-electron chi connectivity index (χ3n) is 5.22. The van der Waals surface area contributed by atoms with Gasteiger partial charge in [0, 0.05) is 12.0 Å². The number of nitrogens with one attached hydrogen (secondary N) is 2. The fourth-order valence-electron chi connectivity index (χ4n) is 3.82. The summed E-state index contributed by atoms with van der Waals surface area (Å²) in [5, 5.41) is 2.16. The summed E-state index contributed by atoms with van der Waals surface area (Å²) in [5.74, 6) is -2.34. The Kier molecular flexibility index (Phi) is 4.89. The summed E-state index contributed by atoms with van der Waals surface area (Å²) in [5.41, 5.74) is 2.59. The van der Waals surface area contributed by atoms with Crippen LogP contribution in [-0.2, 0) is 19.6 Å². The first kappa shape index (κ1) is 20.7. The van der Waals surface area contributed by atoms with E-state index < -0.39 is 39.7 Å². The van der Waals surface area contributed by atoms with E-state index >= 15 is 0 Å². The van der Waals surface area contributed by atoms with Crippen molar-refractivity contribution in [2.45, 2.75) is 25.8 Å². The molecule has 1 atom stereocenters. The minimum atomic E-state index is -3.54. The van der Waals surface area contributed by atoms with E-state index in [4.69, 9.17) is 0 Å². The number of sulfonamides is 1. The summed E-state index contributed by atoms with van der Waals surface area (Å²) in [7, 11) is -3.54. The standard InChI is InChI=1S/C21H19N3O6S/c1-11-3-6-16(23-31(2,29)30)14(9-11)12-4-5-13-15(10-12)21(28)24(20(13)27)17-7-8-18(25)22-19(17)26/h3-6,9-10,17,23H,7-8H2,1-2H3,(H,22,25,26). The van der Waals surface area contributed by atoms with Gasteiger partial charge >= 0.3 is 0 Å². The van der Waals surface area contributed by atoms with Crippen LogP contribution in [0.1, 0.15) is 39.1 Å². The predicted octanol–water partition coefficient (Wildman–Crippen LogP) is 1.43. The molecule has 2 N–H and O–H groups in total. The van der Waals surface area contributed by atoms with E-state index in [1.165, 1.54) is 12.1 Å². The molecule has 4 rings (SSSR count). The van der Waals surface area contributed by atoms with Crippen LogP contribution in [0.5, 0.6) is 0 Å². The first-order valence-corrected chi connectivity index (χ1v) is 11.4. The summed E-state index contributed by atoms with van der Waals surface area (Å²) in [6.45, 7) is 1.85. The van der Waals surface area contributed by atoms with Crippen molar-refractivity contribution in [3.05, 3.63) is 53.1 Å². The van der Waals surface area contributed by atoms with Gasteiger partial charge in [-0.1, -0.05) is 17.7 Å². The molecule has 0 saturated carbocycles. The summed E-state index contributed by atoms with van der Waals surface area (Å²) >= 11 is 0. The number of carbonyl (C=O) groups excluding carboxylic acids is 4. The van der Waals surface area contributed by atoms with Gasteiger partial charge in [0.1, 0.15) is 6.04 Å². The average Bonchev–Trinajstić information content (AvgIpc) is 2.93. The number of imide groups is 2. The van der Waals surface area contributed by atoms with E-state index in [9.17, 15) is 27.6 Å². The van der Waals surface area contributed by atoms with Gasteiger partial charge in [0.05, 0.1) is 23.1 Å². The molecule has 1 fully saturated rings. The smallest absolute Gasteiger partial charge is 0.262 e. The number of piperidine rings is 1. The van der Waals surface area contributed by atoms with E-state index in [0.29, 0.717) is 16.8 Å². The van der Waals surface area contributed by atoms with Crippen LogP contribution in [0.15, 0.2) is 36.4 Å². The Morgan fingerprint density at radius 3 is 2.35 bits per heavy atom. The number of nitrogens with zero attached hydrogens (tertiary/aromatic N) is 1. The minimum absolute atomic E-state index is 0.0406. The molecule has 0 aliphatic carbocycles. The molecule has 1 unspecified atom stereocenters. The second kappa shape index (κ2) is 7.31. The van der Waals surface area contributed by atoms with Gasteiger partial charge in [0.2, 0.25) is 21.8 Å². The van der Waals surface area contributed by atoms with Crippen molar-refractivity contribution < 1.29 is 27.6 Å². The Morgan fingerprint density at radius 2 is 1.68 bits per heavy atom. The molecule has 2 aromatic rings. The van der Waals surface area contributed by atoms with Gasteiger partial charge in [-0.25, -0.2) is 8.42 Å². The average molecular weight is 441 g/mol. The second-order valence-corrected chi connectivity index (χ2v) is 9.38. The highest BCUT2D eigenvalue weighted by Crippen LogP contribution is 2.34. The van der Waals surface area contributed by atoms with Gasteiger partial charge in [0.25, 0.3) is 11.8 Å². The summed E-state index contributed by atoms with van der Waals surface area (Å²) < 4.78 is 25.9. The van der Waals surface area contributed by atoms with Gasteiger partial charge in [-0.2, -0.15) is 0 Å². The fraction of sp³-hybridized carbons (Fsp3) is 0.238. The molecule has 31 heavy (non-hydrogen) atoms. The Bertz CT molecular complexity index is 1270. The molecular weight excluding hydrogens is 422 g/mol. The zero-order chi connectivity index (χ0) is 22.5. The quantitative estimate of drug-likeness (QED) is 0.691. The van der Waals surface area contributed by atoms with Crippen LogP contribution in [0.25, 0.3) is 11.1 Å². The third kappa shape index (κ3) is 3.81. The minimum Gasteiger partial charge on any atom is -0.295 e. The van der Waals surface area contributed by atoms with Gasteiger partial charge in [-0.05, 0) is 43.2 Å². The van der Waals surface area contributed by atoms with E-state index in [-0.39, 0.29) is 24.0 Å². The Labute approximate surface area is 178 Å². The summed E-state index contributed by atoms with van der Waals surface area (Å²) in [6, 6.07) is 8.74. The van der Waals surface area contributed by atoms with Gasteiger partial charge < -0.3 is 0 Å². The van der Waals surface area contributed by atoms with Gasteiger partial charge in [-0.3, -0.25) is 34.1 Å². The molecule has 2 heterocycles. The number of carbonyl (C=O) groups is 4. The Morgan fingerprint density at radius 1 is 0.968 bits per heavy atom. The molecule has 0 aromatic heterocycles. The molecule has 10 heteroatoms. The summed E-state index contributed by atoms with van der Waals surface area (Å²) in [6.07, 6.45) is 1.15. The molecule has 1 saturated heterocycles. The van der Waals surface area contributed by atoms with Crippen LogP contribution in [0.4, 0.5) is 5.69 Å². The van der Waals surface area contributed by atoms with Gasteiger partial charge in [-0.15, -0.1) is 0 Å². The molecule has 2 aliphatic heterocycles. The molecule has 2 aromatic carbocycles. The van der Waals surface area contributed by atoms with Crippen molar-refractivity contribution in [3.63, 3.8) is 0 Å². The topological polar surface area (TPSA) is 130 Å². The molecule has 0 radical (unpaired) electrons. The van der Waals surface area contributed by atoms with E-state index in [1.54, 1.807) is 24.3 Å². The number of amides is 4. The van der Waals surface area contributed by atoms with Crippen molar-refractivity contribution >= 4 is 39.3 Å². The van der Waals surface area contributed by atoms with E-state index in [2.05, 4.69) is 10.0 Å². The highest BCUT2D eigenvalue weighted by atomic mass is 32.2. The number of fused-ring (bicyclic) bond motifs is 1. The van der Waals surface area contributed by atoms with Crippen LogP contribution in [-0.4, -0.2) is 49.2 Å². The van der Waals surface area contributed by atoms with Crippen LogP contribution >= 0.6 is 0 Å². The molecule has 9 nitrogen and oxygen atoms in total. The lowest BCUT2D eigenvalue weighted by molar-refractivity contribution is -0.136. The SMILES string of the molecule is Cc1ccc(NS(C)(=O)=O)c(-c2ccc3c(c2)C(=O)N(C2CCC(=O)NC2=O)C3=O)c1. The lowest BCUT2D eigenvalue weighted by Crippen LogP contribution is -2.54. The molecule has 160 valence electrons. The fourth-order valence-corrected chi connectivity index (χ4v) is 4.40. The molecule has 4 amide bonds. The van der Waals surface area contributed by atoms with Crippen molar-refractivity contribution in [1.82, 2.24) is 10.2 Å². The highest BCUT2D eigenvalue weighted by molar-refractivity contribution is 7.92. The Balaban J connectivity index is 1.74. The maximum atomic E-state index is 13.0. The van der Waals surface area contributed by atoms with Crippen molar-refractivity contribution in [3.8, 4) is 11.1 Å². The van der Waals surface area contributed by atoms with Crippen molar-refractivity contribution in [2.75, 3.05) is 11.0 Å². The van der Waals surface area contributed by atoms with Crippen LogP contribution in [0.2, 0.25) is 0 Å². The lowest BCUT2D eigenvalue weighted by Gasteiger charge is -2.27. The number of aryl methyl sites for hydroxylation is 1. The third-order valence-corrected chi connectivity index (χ3v) is 5.81. The number of hydrogen-bond donors (Lipinski definition) is 2. The summed E-state index contributed by atoms with van der Waals surface area (Å²) in [4.78, 5) is 50.4. The zero-order valence-corrected chi connectivity index (χ0v) is 17.6. The first-order chi connectivity index (χ1) is 14.5. The molecular formula is C21H19N3O6S. The Hall–Kier alpha value is -3.53. The molecule has 0 bridgehead atoms. The predicted molar refractivity (Wildman–Crippen MR) is 112 cm³/mol. The van der Waals surface area contributed by atoms with Crippen LogP contribution in [0.3, 0.4) is 0 Å². The lowest BCUT2D eigenvalue weighted by atomic mass is 9.97. The van der Waals surface area contributed by atoms with E-state index in [0.717, 1.165) is 16.7 Å². The van der Waals surface area contributed by atoms with Crippen LogP contribution in [0, 0.1) is 6.92 Å². The first-order valence-electron chi connectivity index (χ1n) is 9.49. The normalized spacial score (nSPS) is 18.8. The van der Waals surface area contributed by atoms with Crippen LogP contribution < -0.4 is 10.0 Å². The largest absolute Gasteiger partial charge is 0.295 e. The number of benzene rings is 2. The number of hydrogen-bond acceptors (Lipinski definition) is 6. The molecule has 2 aliphatic rings. The zero-order valence-electron chi connectivity index (χ0n) is 16.8. The maximum Gasteiger partial charge on any atom is 0.262 e. The van der Waals surface area contributed by atoms with Crippen molar-refractivity contribution in [1.29, 1.82) is 0 Å². The van der Waals surface area contributed by atoms with E-state index in [1.807, 2.05) is 6.92 Å². The highest BCUT2D eigenvalue weighted by Gasteiger charge is 2.44. The number of rotatable bonds is 4. The monoisotopic (exact) mass is 441 g/mol.